The molecule has 1 atom stereocenters. The van der Waals surface area contributed by atoms with Crippen LogP contribution in [0.1, 0.15) is 12.5 Å². The molecular weight excluding hydrogens is 148 g/mol. The summed E-state index contributed by atoms with van der Waals surface area (Å²) in [5.41, 5.74) is 2.17. The van der Waals surface area contributed by atoms with Gasteiger partial charge in [0.15, 0.2) is 0 Å². The molecule has 1 unspecified atom stereocenters. The second-order valence-corrected chi connectivity index (χ2v) is 2.77. The molecule has 0 saturated carbocycles. The number of methoxy groups -OCH3 is 1. The Morgan fingerprint density at radius 3 is 2.42 bits per heavy atom. The van der Waals surface area contributed by atoms with Gasteiger partial charge in [0.2, 0.25) is 0 Å². The standard InChI is InChI=1S/C11H14O/c1-9(10(2)12-3)11-7-5-4-6-8-11/h4-8,10H,1H2,2-3H3. The van der Waals surface area contributed by atoms with Crippen LogP contribution in [0, 0.1) is 0 Å². The lowest BCUT2D eigenvalue weighted by atomic mass is 10.0. The lowest BCUT2D eigenvalue weighted by Crippen LogP contribution is -2.06. The molecule has 0 fully saturated rings. The first kappa shape index (κ1) is 9.01. The van der Waals surface area contributed by atoms with Crippen molar-refractivity contribution in [1.29, 1.82) is 0 Å². The van der Waals surface area contributed by atoms with E-state index in [1.165, 1.54) is 0 Å². The third kappa shape index (κ3) is 1.95. The summed E-state index contributed by atoms with van der Waals surface area (Å²) in [6.07, 6.45) is 0.0902. The Balaban J connectivity index is 2.79. The van der Waals surface area contributed by atoms with Gasteiger partial charge < -0.3 is 4.74 Å². The van der Waals surface area contributed by atoms with E-state index in [1.54, 1.807) is 7.11 Å². The molecule has 0 amide bonds. The normalized spacial score (nSPS) is 12.5. The molecule has 1 aromatic rings. The Hall–Kier alpha value is -1.08. The Bertz CT molecular complexity index is 251. The van der Waals surface area contributed by atoms with Crippen molar-refractivity contribution in [2.45, 2.75) is 13.0 Å². The molecular formula is C11H14O. The summed E-state index contributed by atoms with van der Waals surface area (Å²) in [5.74, 6) is 0. The Morgan fingerprint density at radius 1 is 1.33 bits per heavy atom. The number of hydrogen-bond acceptors (Lipinski definition) is 1. The molecule has 0 aliphatic heterocycles. The van der Waals surface area contributed by atoms with Crippen molar-refractivity contribution in [3.8, 4) is 0 Å². The zero-order chi connectivity index (χ0) is 8.97. The first-order chi connectivity index (χ1) is 5.75. The van der Waals surface area contributed by atoms with Gasteiger partial charge >= 0.3 is 0 Å². The van der Waals surface area contributed by atoms with Gasteiger partial charge in [-0.1, -0.05) is 36.9 Å². The van der Waals surface area contributed by atoms with E-state index >= 15 is 0 Å². The van der Waals surface area contributed by atoms with E-state index in [0.29, 0.717) is 0 Å². The molecule has 1 heteroatoms. The van der Waals surface area contributed by atoms with Crippen LogP contribution in [0.15, 0.2) is 36.9 Å². The van der Waals surface area contributed by atoms with E-state index in [1.807, 2.05) is 37.3 Å². The van der Waals surface area contributed by atoms with E-state index in [0.717, 1.165) is 11.1 Å². The van der Waals surface area contributed by atoms with Crippen LogP contribution in [0.5, 0.6) is 0 Å². The van der Waals surface area contributed by atoms with Crippen LogP contribution in [0.4, 0.5) is 0 Å². The van der Waals surface area contributed by atoms with Crippen LogP contribution in [-0.2, 0) is 4.74 Å². The molecule has 64 valence electrons. The predicted octanol–water partition coefficient (Wildman–Crippen LogP) is 2.73. The third-order valence-electron chi connectivity index (χ3n) is 1.99. The first-order valence-corrected chi connectivity index (χ1v) is 4.02. The number of ether oxygens (including phenoxy) is 1. The molecule has 1 aromatic carbocycles. The molecule has 0 bridgehead atoms. The summed E-state index contributed by atoms with van der Waals surface area (Å²) in [5, 5.41) is 0. The van der Waals surface area contributed by atoms with E-state index < -0.39 is 0 Å². The zero-order valence-corrected chi connectivity index (χ0v) is 7.58. The minimum Gasteiger partial charge on any atom is -0.377 e. The second kappa shape index (κ2) is 4.07. The fraction of sp³-hybridized carbons (Fsp3) is 0.273. The smallest absolute Gasteiger partial charge is 0.0793 e. The molecule has 0 aliphatic rings. The average molecular weight is 162 g/mol. The van der Waals surface area contributed by atoms with Gasteiger partial charge in [-0.15, -0.1) is 0 Å². The molecule has 0 spiro atoms. The largest absolute Gasteiger partial charge is 0.377 e. The Labute approximate surface area is 73.7 Å². The van der Waals surface area contributed by atoms with Crippen LogP contribution in [0.2, 0.25) is 0 Å². The van der Waals surface area contributed by atoms with Gasteiger partial charge in [-0.05, 0) is 18.1 Å². The van der Waals surface area contributed by atoms with Crippen molar-refractivity contribution in [2.75, 3.05) is 7.11 Å². The molecule has 12 heavy (non-hydrogen) atoms. The topological polar surface area (TPSA) is 9.23 Å². The maximum atomic E-state index is 5.17. The molecule has 0 heterocycles. The first-order valence-electron chi connectivity index (χ1n) is 4.02. The van der Waals surface area contributed by atoms with Crippen LogP contribution in [-0.4, -0.2) is 13.2 Å². The molecule has 1 rings (SSSR count). The van der Waals surface area contributed by atoms with Gasteiger partial charge in [-0.2, -0.15) is 0 Å². The minimum absolute atomic E-state index is 0.0902. The van der Waals surface area contributed by atoms with Crippen molar-refractivity contribution >= 4 is 5.57 Å². The summed E-state index contributed by atoms with van der Waals surface area (Å²) < 4.78 is 5.17. The molecule has 0 radical (unpaired) electrons. The quantitative estimate of drug-likeness (QED) is 0.664. The van der Waals surface area contributed by atoms with E-state index in [9.17, 15) is 0 Å². The summed E-state index contributed by atoms with van der Waals surface area (Å²) >= 11 is 0. The highest BCUT2D eigenvalue weighted by atomic mass is 16.5. The van der Waals surface area contributed by atoms with E-state index in [2.05, 4.69) is 6.58 Å². The maximum absolute atomic E-state index is 5.17. The SMILES string of the molecule is C=C(c1ccccc1)C(C)OC. The fourth-order valence-electron chi connectivity index (χ4n) is 1.03. The van der Waals surface area contributed by atoms with Gasteiger partial charge in [-0.25, -0.2) is 0 Å². The van der Waals surface area contributed by atoms with E-state index in [-0.39, 0.29) is 6.10 Å². The van der Waals surface area contributed by atoms with Crippen molar-refractivity contribution in [3.63, 3.8) is 0 Å². The van der Waals surface area contributed by atoms with Crippen molar-refractivity contribution < 1.29 is 4.74 Å². The van der Waals surface area contributed by atoms with Crippen LogP contribution in [0.25, 0.3) is 5.57 Å². The molecule has 0 aromatic heterocycles. The maximum Gasteiger partial charge on any atom is 0.0793 e. The predicted molar refractivity (Wildman–Crippen MR) is 51.9 cm³/mol. The summed E-state index contributed by atoms with van der Waals surface area (Å²) in [6.45, 7) is 5.97. The highest BCUT2D eigenvalue weighted by Crippen LogP contribution is 2.16. The zero-order valence-electron chi connectivity index (χ0n) is 7.58. The van der Waals surface area contributed by atoms with Crippen LogP contribution >= 0.6 is 0 Å². The molecule has 0 saturated heterocycles. The number of benzene rings is 1. The molecule has 0 aliphatic carbocycles. The van der Waals surface area contributed by atoms with Crippen LogP contribution in [0.3, 0.4) is 0 Å². The second-order valence-electron chi connectivity index (χ2n) is 2.77. The van der Waals surface area contributed by atoms with Gasteiger partial charge in [0.05, 0.1) is 6.10 Å². The van der Waals surface area contributed by atoms with Crippen molar-refractivity contribution in [2.24, 2.45) is 0 Å². The van der Waals surface area contributed by atoms with Gasteiger partial charge in [0.25, 0.3) is 0 Å². The Morgan fingerprint density at radius 2 is 1.92 bits per heavy atom. The van der Waals surface area contributed by atoms with Gasteiger partial charge in [0, 0.05) is 7.11 Å². The van der Waals surface area contributed by atoms with Crippen LogP contribution < -0.4 is 0 Å². The van der Waals surface area contributed by atoms with Crippen molar-refractivity contribution in [3.05, 3.63) is 42.5 Å². The Kier molecular flexibility index (Phi) is 3.06. The summed E-state index contributed by atoms with van der Waals surface area (Å²) in [7, 11) is 1.69. The lowest BCUT2D eigenvalue weighted by molar-refractivity contribution is 0.164. The van der Waals surface area contributed by atoms with Crippen molar-refractivity contribution in [1.82, 2.24) is 0 Å². The molecule has 1 nitrogen and oxygen atoms in total. The number of rotatable bonds is 3. The highest BCUT2D eigenvalue weighted by molar-refractivity contribution is 5.66. The summed E-state index contributed by atoms with van der Waals surface area (Å²) in [6, 6.07) is 10.1. The minimum atomic E-state index is 0.0902. The third-order valence-corrected chi connectivity index (χ3v) is 1.99. The fourth-order valence-corrected chi connectivity index (χ4v) is 1.03. The molecule has 0 N–H and O–H groups in total. The summed E-state index contributed by atoms with van der Waals surface area (Å²) in [4.78, 5) is 0. The number of hydrogen-bond donors (Lipinski definition) is 0. The van der Waals surface area contributed by atoms with Gasteiger partial charge in [-0.3, -0.25) is 0 Å². The highest BCUT2D eigenvalue weighted by Gasteiger charge is 2.05. The van der Waals surface area contributed by atoms with E-state index in [4.69, 9.17) is 4.74 Å². The van der Waals surface area contributed by atoms with Gasteiger partial charge in [0.1, 0.15) is 0 Å². The average Bonchev–Trinajstić information content (AvgIpc) is 2.17. The lowest BCUT2D eigenvalue weighted by Gasteiger charge is -2.12. The monoisotopic (exact) mass is 162 g/mol.